The van der Waals surface area contributed by atoms with Gasteiger partial charge in [0.1, 0.15) is 5.69 Å². The number of aromatic carboxylic acids is 1. The van der Waals surface area contributed by atoms with Crippen molar-refractivity contribution in [3.63, 3.8) is 0 Å². The van der Waals surface area contributed by atoms with E-state index in [0.717, 1.165) is 19.3 Å². The minimum Gasteiger partial charge on any atom is -0.478 e. The zero-order valence-electron chi connectivity index (χ0n) is 15.4. The molecule has 1 aliphatic heterocycles. The molecule has 142 valence electrons. The number of aromatic nitrogens is 2. The Labute approximate surface area is 162 Å². The number of nitrogens with zero attached hydrogens (tertiary/aromatic N) is 3. The highest BCUT2D eigenvalue weighted by molar-refractivity contribution is 7.11. The van der Waals surface area contributed by atoms with Gasteiger partial charge in [-0.05, 0) is 57.6 Å². The van der Waals surface area contributed by atoms with E-state index in [2.05, 4.69) is 4.98 Å². The number of piperidine rings is 1. The van der Waals surface area contributed by atoms with E-state index in [9.17, 15) is 9.59 Å². The van der Waals surface area contributed by atoms with Crippen molar-refractivity contribution in [2.24, 2.45) is 0 Å². The number of rotatable bonds is 3. The van der Waals surface area contributed by atoms with Gasteiger partial charge >= 0.3 is 5.97 Å². The van der Waals surface area contributed by atoms with Crippen molar-refractivity contribution in [2.45, 2.75) is 51.4 Å². The number of likely N-dealkylation sites (tertiary alicyclic amines) is 1. The Kier molecular flexibility index (Phi) is 4.95. The lowest BCUT2D eigenvalue weighted by molar-refractivity contribution is 0.0684. The molecule has 1 aliphatic carbocycles. The monoisotopic (exact) mass is 385 g/mol. The molecule has 1 amide bonds. The third-order valence-electron chi connectivity index (χ3n) is 5.53. The van der Waals surface area contributed by atoms with E-state index in [0.29, 0.717) is 30.4 Å². The minimum absolute atomic E-state index is 0.119. The van der Waals surface area contributed by atoms with Crippen LogP contribution in [0, 0.1) is 6.92 Å². The summed E-state index contributed by atoms with van der Waals surface area (Å²) in [5, 5.41) is 10.3. The maximum atomic E-state index is 12.7. The second-order valence-electron chi connectivity index (χ2n) is 7.33. The quantitative estimate of drug-likeness (QED) is 0.875. The fraction of sp³-hybridized carbons (Fsp3) is 0.500. The van der Waals surface area contributed by atoms with Gasteiger partial charge in [-0.15, -0.1) is 11.3 Å². The minimum atomic E-state index is -1.02. The Morgan fingerprint density at radius 1 is 1.15 bits per heavy atom. The number of carbonyl (C=O) groups is 2. The van der Waals surface area contributed by atoms with E-state index < -0.39 is 5.97 Å². The van der Waals surface area contributed by atoms with Crippen LogP contribution in [0.15, 0.2) is 12.1 Å². The molecule has 0 aromatic carbocycles. The van der Waals surface area contributed by atoms with Crippen molar-refractivity contribution < 1.29 is 14.7 Å². The Balaban J connectivity index is 1.41. The molecule has 0 radical (unpaired) electrons. The molecule has 0 saturated carbocycles. The number of carboxylic acids is 1. The number of carboxylic acid groups (broad SMARTS) is 1. The molecule has 0 atom stereocenters. The van der Waals surface area contributed by atoms with Gasteiger partial charge in [-0.25, -0.2) is 14.8 Å². The predicted molar refractivity (Wildman–Crippen MR) is 103 cm³/mol. The summed E-state index contributed by atoms with van der Waals surface area (Å²) in [6.07, 6.45) is 6.64. The molecule has 2 aliphatic rings. The molecular weight excluding hydrogens is 362 g/mol. The third-order valence-corrected chi connectivity index (χ3v) is 6.85. The average Bonchev–Trinajstić information content (AvgIpc) is 3.11. The summed E-state index contributed by atoms with van der Waals surface area (Å²) in [4.78, 5) is 36.2. The molecule has 27 heavy (non-hydrogen) atoms. The lowest BCUT2D eigenvalue weighted by Gasteiger charge is -2.31. The summed E-state index contributed by atoms with van der Waals surface area (Å²) in [5.41, 5.74) is 2.13. The van der Waals surface area contributed by atoms with Gasteiger partial charge in [0.25, 0.3) is 5.91 Å². The highest BCUT2D eigenvalue weighted by atomic mass is 32.1. The Morgan fingerprint density at radius 2 is 1.89 bits per heavy atom. The summed E-state index contributed by atoms with van der Waals surface area (Å²) >= 11 is 1.87. The lowest BCUT2D eigenvalue weighted by Crippen LogP contribution is -2.38. The number of fused-ring (bicyclic) bond motifs is 1. The molecule has 7 heteroatoms. The first-order chi connectivity index (χ1) is 13.0. The Hall–Kier alpha value is -2.28. The molecule has 6 nitrogen and oxygen atoms in total. The van der Waals surface area contributed by atoms with Gasteiger partial charge in [0.15, 0.2) is 0 Å². The lowest BCUT2D eigenvalue weighted by atomic mass is 9.97. The molecule has 0 unspecified atom stereocenters. The van der Waals surface area contributed by atoms with Gasteiger partial charge in [0.2, 0.25) is 0 Å². The van der Waals surface area contributed by atoms with Crippen LogP contribution in [0.1, 0.15) is 73.7 Å². The van der Waals surface area contributed by atoms with Gasteiger partial charge in [0, 0.05) is 23.9 Å². The van der Waals surface area contributed by atoms with Gasteiger partial charge in [-0.1, -0.05) is 0 Å². The summed E-state index contributed by atoms with van der Waals surface area (Å²) in [6, 6.07) is 2.98. The van der Waals surface area contributed by atoms with Crippen molar-refractivity contribution in [1.82, 2.24) is 14.9 Å². The fourth-order valence-electron chi connectivity index (χ4n) is 3.94. The van der Waals surface area contributed by atoms with E-state index in [-0.39, 0.29) is 11.5 Å². The van der Waals surface area contributed by atoms with Crippen LogP contribution in [-0.4, -0.2) is 44.9 Å². The van der Waals surface area contributed by atoms with Crippen molar-refractivity contribution >= 4 is 23.2 Å². The number of hydrogen-bond donors (Lipinski definition) is 1. The topological polar surface area (TPSA) is 83.4 Å². The molecule has 4 rings (SSSR count). The maximum Gasteiger partial charge on any atom is 0.337 e. The summed E-state index contributed by atoms with van der Waals surface area (Å²) in [7, 11) is 0. The van der Waals surface area contributed by atoms with E-state index in [1.54, 1.807) is 6.92 Å². The van der Waals surface area contributed by atoms with Crippen LogP contribution < -0.4 is 0 Å². The second-order valence-corrected chi connectivity index (χ2v) is 8.45. The van der Waals surface area contributed by atoms with Crippen LogP contribution in [0.3, 0.4) is 0 Å². The van der Waals surface area contributed by atoms with Crippen molar-refractivity contribution in [2.75, 3.05) is 13.1 Å². The second kappa shape index (κ2) is 7.38. The molecule has 1 fully saturated rings. The molecule has 3 heterocycles. The van der Waals surface area contributed by atoms with Crippen molar-refractivity contribution in [3.05, 3.63) is 44.7 Å². The molecule has 1 N–H and O–H groups in total. The Bertz CT molecular complexity index is 861. The summed E-state index contributed by atoms with van der Waals surface area (Å²) in [5.74, 6) is -0.702. The smallest absolute Gasteiger partial charge is 0.337 e. The third kappa shape index (κ3) is 3.60. The van der Waals surface area contributed by atoms with E-state index in [1.807, 2.05) is 16.2 Å². The summed E-state index contributed by atoms with van der Waals surface area (Å²) in [6.45, 7) is 3.00. The number of thiazole rings is 1. The number of amides is 1. The fourth-order valence-corrected chi connectivity index (χ4v) is 5.27. The molecular formula is C20H23N3O3S. The highest BCUT2D eigenvalue weighted by Crippen LogP contribution is 2.35. The van der Waals surface area contributed by atoms with E-state index in [4.69, 9.17) is 10.1 Å². The van der Waals surface area contributed by atoms with E-state index in [1.165, 1.54) is 47.0 Å². The molecule has 0 spiro atoms. The first-order valence-corrected chi connectivity index (χ1v) is 10.3. The molecule has 2 aromatic rings. The average molecular weight is 385 g/mol. The highest BCUT2D eigenvalue weighted by Gasteiger charge is 2.28. The van der Waals surface area contributed by atoms with Crippen LogP contribution in [0.4, 0.5) is 0 Å². The first-order valence-electron chi connectivity index (χ1n) is 9.51. The van der Waals surface area contributed by atoms with Crippen LogP contribution in [0.25, 0.3) is 0 Å². The largest absolute Gasteiger partial charge is 0.478 e. The zero-order chi connectivity index (χ0) is 19.0. The summed E-state index contributed by atoms with van der Waals surface area (Å²) < 4.78 is 0. The maximum absolute atomic E-state index is 12.7. The van der Waals surface area contributed by atoms with Crippen LogP contribution in [-0.2, 0) is 12.8 Å². The SMILES string of the molecule is Cc1nc(C(=O)N2CCC(c3nc4c(s3)CCCC4)CC2)ccc1C(=O)O. The Morgan fingerprint density at radius 3 is 2.56 bits per heavy atom. The van der Waals surface area contributed by atoms with Crippen LogP contribution in [0.2, 0.25) is 0 Å². The van der Waals surface area contributed by atoms with Gasteiger partial charge in [-0.3, -0.25) is 4.79 Å². The van der Waals surface area contributed by atoms with E-state index >= 15 is 0 Å². The van der Waals surface area contributed by atoms with Gasteiger partial charge < -0.3 is 10.0 Å². The number of pyridine rings is 1. The molecule has 2 aromatic heterocycles. The molecule has 0 bridgehead atoms. The number of hydrogen-bond acceptors (Lipinski definition) is 5. The normalized spacial score (nSPS) is 17.6. The van der Waals surface area contributed by atoms with Crippen molar-refractivity contribution in [3.8, 4) is 0 Å². The van der Waals surface area contributed by atoms with Crippen LogP contribution in [0.5, 0.6) is 0 Å². The van der Waals surface area contributed by atoms with Gasteiger partial charge in [0.05, 0.1) is 22.0 Å². The van der Waals surface area contributed by atoms with Crippen molar-refractivity contribution in [1.29, 1.82) is 0 Å². The predicted octanol–water partition coefficient (Wildman–Crippen LogP) is 3.44. The number of carbonyl (C=O) groups excluding carboxylic acids is 1. The standard InChI is InChI=1S/C20H23N3O3S/c1-12-14(20(25)26)6-7-16(21-12)19(24)23-10-8-13(9-11-23)18-22-15-4-2-3-5-17(15)27-18/h6-7,13H,2-5,8-11H2,1H3,(H,25,26). The van der Waals surface area contributed by atoms with Gasteiger partial charge in [-0.2, -0.15) is 0 Å². The van der Waals surface area contributed by atoms with Crippen LogP contribution >= 0.6 is 11.3 Å². The first kappa shape index (κ1) is 18.1. The zero-order valence-corrected chi connectivity index (χ0v) is 16.2. The number of aryl methyl sites for hydroxylation is 3. The molecule has 1 saturated heterocycles.